The summed E-state index contributed by atoms with van der Waals surface area (Å²) >= 11 is 0. The molecule has 3 aliphatic rings. The van der Waals surface area contributed by atoms with E-state index in [1.807, 2.05) is 0 Å². The Bertz CT molecular complexity index is 426. The molecule has 2 nitrogen and oxygen atoms in total. The van der Waals surface area contributed by atoms with Crippen LogP contribution in [0, 0.1) is 11.8 Å². The van der Waals surface area contributed by atoms with Crippen molar-refractivity contribution in [2.24, 2.45) is 11.8 Å². The van der Waals surface area contributed by atoms with Crippen molar-refractivity contribution < 1.29 is 0 Å². The maximum Gasteiger partial charge on any atom is 0.0233 e. The molecule has 1 aliphatic heterocycles. The van der Waals surface area contributed by atoms with Gasteiger partial charge in [-0.1, -0.05) is 30.3 Å². The van der Waals surface area contributed by atoms with Gasteiger partial charge in [-0.2, -0.15) is 0 Å². The minimum Gasteiger partial charge on any atom is -0.311 e. The van der Waals surface area contributed by atoms with Gasteiger partial charge in [0, 0.05) is 31.7 Å². The van der Waals surface area contributed by atoms with E-state index < -0.39 is 0 Å². The molecule has 0 spiro atoms. The third-order valence-electron chi connectivity index (χ3n) is 5.21. The van der Waals surface area contributed by atoms with Crippen LogP contribution in [0.3, 0.4) is 0 Å². The summed E-state index contributed by atoms with van der Waals surface area (Å²) in [4.78, 5) is 2.67. The molecule has 0 aromatic heterocycles. The van der Waals surface area contributed by atoms with Crippen molar-refractivity contribution in [2.45, 2.75) is 44.3 Å². The highest BCUT2D eigenvalue weighted by Gasteiger charge is 2.43. The number of fused-ring (bicyclic) bond motifs is 1. The molecule has 4 rings (SSSR count). The monoisotopic (exact) mass is 256 g/mol. The number of hydrogen-bond donors (Lipinski definition) is 1. The number of rotatable bonds is 4. The fourth-order valence-corrected chi connectivity index (χ4v) is 4.09. The van der Waals surface area contributed by atoms with Crippen LogP contribution in [0.15, 0.2) is 30.3 Å². The standard InChI is InChI=1S/C17H24N2/c1-2-4-13(5-3-1)10-19-11-14-6-9-17(16(14)12-19)18-15-7-8-15/h1-5,14-18H,6-12H2. The van der Waals surface area contributed by atoms with Crippen LogP contribution in [0.2, 0.25) is 0 Å². The molecule has 1 heterocycles. The zero-order valence-corrected chi connectivity index (χ0v) is 11.6. The molecular formula is C17H24N2. The number of hydrogen-bond acceptors (Lipinski definition) is 2. The van der Waals surface area contributed by atoms with E-state index in [1.165, 1.54) is 44.3 Å². The number of nitrogens with one attached hydrogen (secondary N) is 1. The van der Waals surface area contributed by atoms with Crippen molar-refractivity contribution >= 4 is 0 Å². The van der Waals surface area contributed by atoms with Crippen LogP contribution in [0.4, 0.5) is 0 Å². The SMILES string of the molecule is c1ccc(CN2CC3CCC(NC4CC4)C3C2)cc1. The molecule has 0 amide bonds. The fourth-order valence-electron chi connectivity index (χ4n) is 4.09. The lowest BCUT2D eigenvalue weighted by Crippen LogP contribution is -2.37. The normalized spacial score (nSPS) is 34.6. The van der Waals surface area contributed by atoms with Crippen LogP contribution >= 0.6 is 0 Å². The maximum absolute atomic E-state index is 3.88. The van der Waals surface area contributed by atoms with Crippen LogP contribution in [0.25, 0.3) is 0 Å². The Labute approximate surface area is 116 Å². The van der Waals surface area contributed by atoms with Gasteiger partial charge >= 0.3 is 0 Å². The number of benzene rings is 1. The first-order valence-corrected chi connectivity index (χ1v) is 7.91. The van der Waals surface area contributed by atoms with Crippen molar-refractivity contribution in [1.82, 2.24) is 10.2 Å². The molecule has 1 N–H and O–H groups in total. The Morgan fingerprint density at radius 2 is 1.84 bits per heavy atom. The molecule has 1 aromatic rings. The topological polar surface area (TPSA) is 15.3 Å². The Morgan fingerprint density at radius 3 is 2.63 bits per heavy atom. The van der Waals surface area contributed by atoms with Gasteiger partial charge in [0.15, 0.2) is 0 Å². The fraction of sp³-hybridized carbons (Fsp3) is 0.647. The van der Waals surface area contributed by atoms with E-state index in [0.717, 1.165) is 30.5 Å². The summed E-state index contributed by atoms with van der Waals surface area (Å²) < 4.78 is 0. The lowest BCUT2D eigenvalue weighted by molar-refractivity contribution is 0.288. The van der Waals surface area contributed by atoms with Gasteiger partial charge in [-0.25, -0.2) is 0 Å². The molecule has 1 saturated heterocycles. The Hall–Kier alpha value is -0.860. The highest BCUT2D eigenvalue weighted by Crippen LogP contribution is 2.39. The molecule has 2 heteroatoms. The van der Waals surface area contributed by atoms with E-state index in [9.17, 15) is 0 Å². The Morgan fingerprint density at radius 1 is 1.00 bits per heavy atom. The minimum atomic E-state index is 0.818. The van der Waals surface area contributed by atoms with Gasteiger partial charge in [0.05, 0.1) is 0 Å². The highest BCUT2D eigenvalue weighted by molar-refractivity contribution is 5.15. The van der Waals surface area contributed by atoms with Crippen molar-refractivity contribution in [2.75, 3.05) is 13.1 Å². The lowest BCUT2D eigenvalue weighted by atomic mass is 9.98. The second-order valence-electron chi connectivity index (χ2n) is 6.73. The van der Waals surface area contributed by atoms with E-state index in [0.29, 0.717) is 0 Å². The Balaban J connectivity index is 1.37. The van der Waals surface area contributed by atoms with E-state index in [-0.39, 0.29) is 0 Å². The predicted octanol–water partition coefficient (Wildman–Crippen LogP) is 2.65. The van der Waals surface area contributed by atoms with Crippen LogP contribution < -0.4 is 5.32 Å². The minimum absolute atomic E-state index is 0.818. The highest BCUT2D eigenvalue weighted by atomic mass is 15.2. The number of nitrogens with zero attached hydrogens (tertiary/aromatic N) is 1. The first kappa shape index (κ1) is 11.9. The summed E-state index contributed by atoms with van der Waals surface area (Å²) in [6.07, 6.45) is 5.70. The van der Waals surface area contributed by atoms with Crippen molar-refractivity contribution in [3.8, 4) is 0 Å². The largest absolute Gasteiger partial charge is 0.311 e. The van der Waals surface area contributed by atoms with Gasteiger partial charge < -0.3 is 5.32 Å². The van der Waals surface area contributed by atoms with E-state index >= 15 is 0 Å². The smallest absolute Gasteiger partial charge is 0.0233 e. The molecule has 3 atom stereocenters. The van der Waals surface area contributed by atoms with Crippen LogP contribution in [-0.4, -0.2) is 30.1 Å². The molecule has 3 unspecified atom stereocenters. The third kappa shape index (κ3) is 2.56. The average molecular weight is 256 g/mol. The first-order valence-electron chi connectivity index (χ1n) is 7.91. The van der Waals surface area contributed by atoms with E-state index in [4.69, 9.17) is 0 Å². The van der Waals surface area contributed by atoms with Gasteiger partial charge in [-0.15, -0.1) is 0 Å². The van der Waals surface area contributed by atoms with Crippen molar-refractivity contribution in [3.05, 3.63) is 35.9 Å². The molecule has 102 valence electrons. The summed E-state index contributed by atoms with van der Waals surface area (Å²) in [6, 6.07) is 12.6. The summed E-state index contributed by atoms with van der Waals surface area (Å²) in [5, 5.41) is 3.88. The molecule has 2 aliphatic carbocycles. The lowest BCUT2D eigenvalue weighted by Gasteiger charge is -2.21. The first-order chi connectivity index (χ1) is 9.38. The zero-order valence-electron chi connectivity index (χ0n) is 11.6. The predicted molar refractivity (Wildman–Crippen MR) is 77.9 cm³/mol. The van der Waals surface area contributed by atoms with E-state index in [1.54, 1.807) is 0 Å². The molecule has 1 aromatic carbocycles. The van der Waals surface area contributed by atoms with Gasteiger partial charge in [0.25, 0.3) is 0 Å². The average Bonchev–Trinajstić information content (AvgIpc) is 3.05. The van der Waals surface area contributed by atoms with Crippen LogP contribution in [0.5, 0.6) is 0 Å². The van der Waals surface area contributed by atoms with Crippen molar-refractivity contribution in [3.63, 3.8) is 0 Å². The summed E-state index contributed by atoms with van der Waals surface area (Å²) in [5.41, 5.74) is 1.47. The van der Waals surface area contributed by atoms with E-state index in [2.05, 4.69) is 40.5 Å². The quantitative estimate of drug-likeness (QED) is 0.891. The molecule has 0 bridgehead atoms. The summed E-state index contributed by atoms with van der Waals surface area (Å²) in [5.74, 6) is 1.88. The molecule has 3 fully saturated rings. The number of likely N-dealkylation sites (tertiary alicyclic amines) is 1. The maximum atomic E-state index is 3.88. The summed E-state index contributed by atoms with van der Waals surface area (Å²) in [6.45, 7) is 3.77. The second kappa shape index (κ2) is 4.92. The molecule has 19 heavy (non-hydrogen) atoms. The van der Waals surface area contributed by atoms with Gasteiger partial charge in [-0.3, -0.25) is 4.90 Å². The second-order valence-corrected chi connectivity index (χ2v) is 6.73. The van der Waals surface area contributed by atoms with Gasteiger partial charge in [-0.05, 0) is 43.1 Å². The van der Waals surface area contributed by atoms with Crippen molar-refractivity contribution in [1.29, 1.82) is 0 Å². The zero-order chi connectivity index (χ0) is 12.7. The van der Waals surface area contributed by atoms with Crippen LogP contribution in [-0.2, 0) is 6.54 Å². The van der Waals surface area contributed by atoms with Gasteiger partial charge in [0.2, 0.25) is 0 Å². The Kier molecular flexibility index (Phi) is 3.08. The van der Waals surface area contributed by atoms with Gasteiger partial charge in [0.1, 0.15) is 0 Å². The molecular weight excluding hydrogens is 232 g/mol. The third-order valence-corrected chi connectivity index (χ3v) is 5.21. The van der Waals surface area contributed by atoms with Crippen LogP contribution in [0.1, 0.15) is 31.2 Å². The summed E-state index contributed by atoms with van der Waals surface area (Å²) in [7, 11) is 0. The molecule has 2 saturated carbocycles. The molecule has 0 radical (unpaired) electrons.